The van der Waals surface area contributed by atoms with Gasteiger partial charge in [-0.15, -0.1) is 0 Å². The van der Waals surface area contributed by atoms with Crippen LogP contribution in [0.5, 0.6) is 0 Å². The molecular formula is C19H19N5O3S. The number of hydrogen-bond acceptors (Lipinski definition) is 6. The average Bonchev–Trinajstić information content (AvgIpc) is 3.34. The Morgan fingerprint density at radius 1 is 1.25 bits per heavy atom. The molecule has 3 N–H and O–H groups in total. The van der Waals surface area contributed by atoms with Gasteiger partial charge in [-0.3, -0.25) is 19.0 Å². The molecule has 8 nitrogen and oxygen atoms in total. The lowest BCUT2D eigenvalue weighted by Crippen LogP contribution is -2.46. The summed E-state index contributed by atoms with van der Waals surface area (Å²) in [6.45, 7) is 1.74. The molecule has 3 aromatic heterocycles. The Morgan fingerprint density at radius 3 is 2.71 bits per heavy atom. The maximum atomic E-state index is 12.8. The number of nitrogens with two attached hydrogens (primary N) is 1. The molecule has 0 saturated carbocycles. The molecule has 0 fully saturated rings. The van der Waals surface area contributed by atoms with E-state index in [0.717, 1.165) is 5.56 Å². The van der Waals surface area contributed by atoms with Gasteiger partial charge < -0.3 is 11.1 Å². The van der Waals surface area contributed by atoms with Crippen LogP contribution < -0.4 is 11.1 Å². The maximum Gasteiger partial charge on any atom is 0.287 e. The summed E-state index contributed by atoms with van der Waals surface area (Å²) in [6, 6.07) is 6.22. The van der Waals surface area contributed by atoms with Crippen molar-refractivity contribution in [2.75, 3.05) is 0 Å². The summed E-state index contributed by atoms with van der Waals surface area (Å²) >= 11 is 1.54. The van der Waals surface area contributed by atoms with Gasteiger partial charge in [-0.25, -0.2) is 9.97 Å². The first-order valence-corrected chi connectivity index (χ1v) is 9.53. The molecule has 3 heterocycles. The molecule has 0 aliphatic rings. The number of primary amides is 1. The number of nitrogens with zero attached hydrogens (tertiary/aromatic N) is 3. The summed E-state index contributed by atoms with van der Waals surface area (Å²) < 4.78 is 1.58. The Hall–Kier alpha value is -3.33. The summed E-state index contributed by atoms with van der Waals surface area (Å²) in [5.74, 6) is -1.34. The van der Waals surface area contributed by atoms with Crippen molar-refractivity contribution in [3.63, 3.8) is 0 Å². The molecule has 0 aliphatic carbocycles. The van der Waals surface area contributed by atoms with Crippen molar-refractivity contribution in [3.8, 4) is 5.82 Å². The van der Waals surface area contributed by atoms with E-state index in [1.165, 1.54) is 17.5 Å². The summed E-state index contributed by atoms with van der Waals surface area (Å²) in [4.78, 5) is 44.9. The van der Waals surface area contributed by atoms with Crippen molar-refractivity contribution in [1.29, 1.82) is 0 Å². The Morgan fingerprint density at radius 2 is 2.07 bits per heavy atom. The number of pyridine rings is 1. The van der Waals surface area contributed by atoms with E-state index in [9.17, 15) is 14.4 Å². The number of rotatable bonds is 8. The summed E-state index contributed by atoms with van der Waals surface area (Å²) in [6.07, 6.45) is 3.81. The van der Waals surface area contributed by atoms with Gasteiger partial charge in [-0.1, -0.05) is 6.07 Å². The van der Waals surface area contributed by atoms with Crippen LogP contribution in [0.1, 0.15) is 28.3 Å². The van der Waals surface area contributed by atoms with Crippen LogP contribution in [0.3, 0.4) is 0 Å². The van der Waals surface area contributed by atoms with Gasteiger partial charge in [-0.2, -0.15) is 11.3 Å². The first-order valence-electron chi connectivity index (χ1n) is 8.58. The third kappa shape index (κ3) is 4.32. The van der Waals surface area contributed by atoms with E-state index in [-0.39, 0.29) is 12.1 Å². The minimum absolute atomic E-state index is 0.217. The highest BCUT2D eigenvalue weighted by Crippen LogP contribution is 2.14. The third-order valence-corrected chi connectivity index (χ3v) is 4.95. The molecule has 0 bridgehead atoms. The molecule has 28 heavy (non-hydrogen) atoms. The highest BCUT2D eigenvalue weighted by atomic mass is 32.1. The normalized spacial score (nSPS) is 11.8. The van der Waals surface area contributed by atoms with Crippen LogP contribution in [0, 0.1) is 6.92 Å². The second-order valence-corrected chi connectivity index (χ2v) is 6.92. The van der Waals surface area contributed by atoms with Crippen LogP contribution in [0.2, 0.25) is 0 Å². The zero-order valence-corrected chi connectivity index (χ0v) is 16.0. The van der Waals surface area contributed by atoms with E-state index >= 15 is 0 Å². The van der Waals surface area contributed by atoms with Gasteiger partial charge in [0.1, 0.15) is 17.3 Å². The average molecular weight is 397 g/mol. The van der Waals surface area contributed by atoms with Crippen molar-refractivity contribution < 1.29 is 14.4 Å². The smallest absolute Gasteiger partial charge is 0.287 e. The lowest BCUT2D eigenvalue weighted by Gasteiger charge is -2.17. The lowest BCUT2D eigenvalue weighted by atomic mass is 10.0. The van der Waals surface area contributed by atoms with Crippen LogP contribution in [0.15, 0.2) is 47.4 Å². The molecule has 0 spiro atoms. The lowest BCUT2D eigenvalue weighted by molar-refractivity contribution is -0.137. The first-order chi connectivity index (χ1) is 13.5. The second kappa shape index (κ2) is 8.57. The Bertz CT molecular complexity index is 982. The molecule has 0 aromatic carbocycles. The van der Waals surface area contributed by atoms with E-state index in [1.807, 2.05) is 16.8 Å². The minimum atomic E-state index is -1.08. The van der Waals surface area contributed by atoms with Gasteiger partial charge in [-0.05, 0) is 54.3 Å². The molecule has 3 rings (SSSR count). The van der Waals surface area contributed by atoms with Crippen molar-refractivity contribution in [2.24, 2.45) is 5.73 Å². The molecule has 144 valence electrons. The quantitative estimate of drug-likeness (QED) is 0.557. The standard InChI is InChI=1S/C19H19N5O3S/c1-12-22-10-15(24(12)16-4-2-3-8-21-16)19(27)23-14(17(25)18(20)26)6-5-13-7-9-28-11-13/h2-4,7-11,14H,5-6H2,1H3,(H2,20,26)(H,23,27). The molecule has 9 heteroatoms. The zero-order valence-electron chi connectivity index (χ0n) is 15.2. The van der Waals surface area contributed by atoms with E-state index in [1.54, 1.807) is 35.9 Å². The highest BCUT2D eigenvalue weighted by Gasteiger charge is 2.27. The van der Waals surface area contributed by atoms with E-state index in [4.69, 9.17) is 5.73 Å². The van der Waals surface area contributed by atoms with E-state index in [2.05, 4.69) is 15.3 Å². The SMILES string of the molecule is Cc1ncc(C(=O)NC(CCc2ccsc2)C(=O)C(N)=O)n1-c1ccccn1. The molecule has 0 saturated heterocycles. The number of Topliss-reactive ketones (excluding diaryl/α,β-unsaturated/α-hetero) is 1. The van der Waals surface area contributed by atoms with Gasteiger partial charge in [0, 0.05) is 6.20 Å². The Kier molecular flexibility index (Phi) is 5.95. The predicted octanol–water partition coefficient (Wildman–Crippen LogP) is 1.42. The fourth-order valence-electron chi connectivity index (χ4n) is 2.80. The van der Waals surface area contributed by atoms with Crippen LogP contribution >= 0.6 is 11.3 Å². The number of thiophene rings is 1. The number of ketones is 1. The monoisotopic (exact) mass is 397 g/mol. The molecule has 1 atom stereocenters. The van der Waals surface area contributed by atoms with Crippen molar-refractivity contribution in [3.05, 3.63) is 64.5 Å². The second-order valence-electron chi connectivity index (χ2n) is 6.14. The number of nitrogens with one attached hydrogen (secondary N) is 1. The minimum Gasteiger partial charge on any atom is -0.363 e. The van der Waals surface area contributed by atoms with Crippen molar-refractivity contribution in [1.82, 2.24) is 19.9 Å². The van der Waals surface area contributed by atoms with Crippen molar-refractivity contribution >= 4 is 28.9 Å². The van der Waals surface area contributed by atoms with Crippen LogP contribution in [0.4, 0.5) is 0 Å². The molecule has 2 amide bonds. The number of imidazole rings is 1. The summed E-state index contributed by atoms with van der Waals surface area (Å²) in [7, 11) is 0. The van der Waals surface area contributed by atoms with Crippen LogP contribution in [-0.2, 0) is 16.0 Å². The molecule has 1 unspecified atom stereocenters. The first kappa shape index (κ1) is 19.4. The third-order valence-electron chi connectivity index (χ3n) is 4.22. The Balaban J connectivity index is 1.82. The fraction of sp³-hybridized carbons (Fsp3) is 0.211. The zero-order chi connectivity index (χ0) is 20.1. The molecular weight excluding hydrogens is 378 g/mol. The number of aromatic nitrogens is 3. The molecule has 3 aromatic rings. The van der Waals surface area contributed by atoms with Gasteiger partial charge >= 0.3 is 0 Å². The molecule has 0 aliphatic heterocycles. The predicted molar refractivity (Wildman–Crippen MR) is 104 cm³/mol. The van der Waals surface area contributed by atoms with Crippen LogP contribution in [-0.4, -0.2) is 38.2 Å². The number of amides is 2. The molecule has 0 radical (unpaired) electrons. The van der Waals surface area contributed by atoms with Gasteiger partial charge in [0.25, 0.3) is 11.8 Å². The van der Waals surface area contributed by atoms with E-state index in [0.29, 0.717) is 18.1 Å². The Labute approximate surface area is 165 Å². The maximum absolute atomic E-state index is 12.8. The fourth-order valence-corrected chi connectivity index (χ4v) is 3.50. The number of carbonyl (C=O) groups is 3. The van der Waals surface area contributed by atoms with Gasteiger partial charge in [0.2, 0.25) is 5.78 Å². The summed E-state index contributed by atoms with van der Waals surface area (Å²) in [5.41, 5.74) is 6.40. The topological polar surface area (TPSA) is 120 Å². The number of carbonyl (C=O) groups excluding carboxylic acids is 3. The summed E-state index contributed by atoms with van der Waals surface area (Å²) in [5, 5.41) is 6.50. The van der Waals surface area contributed by atoms with Crippen LogP contribution in [0.25, 0.3) is 5.82 Å². The van der Waals surface area contributed by atoms with Crippen molar-refractivity contribution in [2.45, 2.75) is 25.8 Å². The van der Waals surface area contributed by atoms with E-state index < -0.39 is 23.6 Å². The van der Waals surface area contributed by atoms with Gasteiger partial charge in [0.05, 0.1) is 12.2 Å². The number of aryl methyl sites for hydroxylation is 2. The highest BCUT2D eigenvalue weighted by molar-refractivity contribution is 7.07. The largest absolute Gasteiger partial charge is 0.363 e. The number of hydrogen-bond donors (Lipinski definition) is 2. The van der Waals surface area contributed by atoms with Gasteiger partial charge in [0.15, 0.2) is 0 Å².